The van der Waals surface area contributed by atoms with Crippen molar-refractivity contribution in [3.8, 4) is 5.75 Å². The molecule has 0 aliphatic rings. The third kappa shape index (κ3) is 3.46. The Balaban J connectivity index is 2.32. The Morgan fingerprint density at radius 2 is 1.95 bits per heavy atom. The van der Waals surface area contributed by atoms with Crippen LogP contribution < -0.4 is 21.1 Å². The van der Waals surface area contributed by atoms with Crippen molar-refractivity contribution in [2.24, 2.45) is 0 Å². The van der Waals surface area contributed by atoms with Gasteiger partial charge in [-0.05, 0) is 36.4 Å². The number of hydrogen-bond donors (Lipinski definition) is 3. The highest BCUT2D eigenvalue weighted by Gasteiger charge is 2.09. The third-order valence-electron chi connectivity index (χ3n) is 2.97. The van der Waals surface area contributed by atoms with Gasteiger partial charge in [-0.2, -0.15) is 0 Å². The molecule has 6 heteroatoms. The monoisotopic (exact) mass is 349 g/mol. The van der Waals surface area contributed by atoms with E-state index in [1.807, 2.05) is 18.2 Å². The van der Waals surface area contributed by atoms with Crippen molar-refractivity contribution < 1.29 is 9.53 Å². The molecule has 0 spiro atoms. The second kappa shape index (κ2) is 6.49. The normalized spacial score (nSPS) is 10.0. The van der Waals surface area contributed by atoms with Crippen molar-refractivity contribution in [3.63, 3.8) is 0 Å². The van der Waals surface area contributed by atoms with Gasteiger partial charge in [-0.25, -0.2) is 0 Å². The number of nitrogens with one attached hydrogen (secondary N) is 2. The van der Waals surface area contributed by atoms with E-state index < -0.39 is 0 Å². The van der Waals surface area contributed by atoms with Gasteiger partial charge in [0.25, 0.3) is 5.91 Å². The summed E-state index contributed by atoms with van der Waals surface area (Å²) in [5.41, 5.74) is 8.49. The molecule has 0 unspecified atom stereocenters. The molecular weight excluding hydrogens is 334 g/mol. The number of hydrogen-bond acceptors (Lipinski definition) is 4. The first-order chi connectivity index (χ1) is 10.0. The van der Waals surface area contributed by atoms with Gasteiger partial charge in [-0.1, -0.05) is 15.9 Å². The van der Waals surface area contributed by atoms with Gasteiger partial charge < -0.3 is 21.1 Å². The summed E-state index contributed by atoms with van der Waals surface area (Å²) < 4.78 is 6.23. The standard InChI is InChI=1S/C15H16BrN3O2/c1-18-15(20)9-3-5-12(11(17)7-9)19-13-8-10(16)4-6-14(13)21-2/h3-8,19H,17H2,1-2H3,(H,18,20). The topological polar surface area (TPSA) is 76.4 Å². The van der Waals surface area contributed by atoms with Crippen LogP contribution in [0.5, 0.6) is 5.75 Å². The van der Waals surface area contributed by atoms with Crippen LogP contribution in [0.3, 0.4) is 0 Å². The number of amides is 1. The van der Waals surface area contributed by atoms with Crippen molar-refractivity contribution >= 4 is 38.9 Å². The van der Waals surface area contributed by atoms with Gasteiger partial charge in [-0.15, -0.1) is 0 Å². The number of ether oxygens (including phenoxy) is 1. The maximum atomic E-state index is 11.6. The molecule has 0 aliphatic carbocycles. The minimum absolute atomic E-state index is 0.173. The second-order valence-electron chi connectivity index (χ2n) is 4.35. The lowest BCUT2D eigenvalue weighted by Crippen LogP contribution is -2.18. The molecule has 2 rings (SSSR count). The van der Waals surface area contributed by atoms with Crippen LogP contribution in [-0.4, -0.2) is 20.1 Å². The number of anilines is 3. The van der Waals surface area contributed by atoms with E-state index in [1.165, 1.54) is 0 Å². The summed E-state index contributed by atoms with van der Waals surface area (Å²) in [5.74, 6) is 0.529. The van der Waals surface area contributed by atoms with Gasteiger partial charge in [0, 0.05) is 17.1 Å². The van der Waals surface area contributed by atoms with Gasteiger partial charge in [0.2, 0.25) is 0 Å². The van der Waals surface area contributed by atoms with Crippen molar-refractivity contribution in [1.29, 1.82) is 0 Å². The molecule has 0 fully saturated rings. The lowest BCUT2D eigenvalue weighted by Gasteiger charge is -2.14. The number of carbonyl (C=O) groups is 1. The number of rotatable bonds is 4. The van der Waals surface area contributed by atoms with Crippen LogP contribution in [0.15, 0.2) is 40.9 Å². The molecule has 4 N–H and O–H groups in total. The highest BCUT2D eigenvalue weighted by atomic mass is 79.9. The minimum atomic E-state index is -0.173. The molecule has 110 valence electrons. The van der Waals surface area contributed by atoms with E-state index in [2.05, 4.69) is 26.6 Å². The van der Waals surface area contributed by atoms with Crippen molar-refractivity contribution in [2.45, 2.75) is 0 Å². The fourth-order valence-corrected chi connectivity index (χ4v) is 2.25. The van der Waals surface area contributed by atoms with E-state index in [9.17, 15) is 4.79 Å². The van der Waals surface area contributed by atoms with Gasteiger partial charge in [0.1, 0.15) is 5.75 Å². The van der Waals surface area contributed by atoms with Crippen LogP contribution in [0, 0.1) is 0 Å². The summed E-state index contributed by atoms with van der Waals surface area (Å²) in [6.07, 6.45) is 0. The Morgan fingerprint density at radius 1 is 1.19 bits per heavy atom. The molecule has 2 aromatic carbocycles. The second-order valence-corrected chi connectivity index (χ2v) is 5.27. The maximum absolute atomic E-state index is 11.6. The van der Waals surface area contributed by atoms with E-state index >= 15 is 0 Å². The number of halogens is 1. The molecule has 0 bridgehead atoms. The van der Waals surface area contributed by atoms with E-state index in [0.717, 1.165) is 10.2 Å². The van der Waals surface area contributed by atoms with E-state index in [-0.39, 0.29) is 5.91 Å². The third-order valence-corrected chi connectivity index (χ3v) is 3.46. The van der Waals surface area contributed by atoms with Gasteiger partial charge in [0.15, 0.2) is 0 Å². The first-order valence-electron chi connectivity index (χ1n) is 6.27. The highest BCUT2D eigenvalue weighted by Crippen LogP contribution is 2.32. The van der Waals surface area contributed by atoms with Gasteiger partial charge in [-0.3, -0.25) is 4.79 Å². The summed E-state index contributed by atoms with van der Waals surface area (Å²) in [4.78, 5) is 11.6. The Hall–Kier alpha value is -2.21. The van der Waals surface area contributed by atoms with Crippen LogP contribution in [0.2, 0.25) is 0 Å². The molecule has 0 radical (unpaired) electrons. The van der Waals surface area contributed by atoms with Crippen LogP contribution in [0.1, 0.15) is 10.4 Å². The lowest BCUT2D eigenvalue weighted by molar-refractivity contribution is 0.0963. The maximum Gasteiger partial charge on any atom is 0.251 e. The number of nitrogens with two attached hydrogens (primary N) is 1. The Morgan fingerprint density at radius 3 is 2.57 bits per heavy atom. The van der Waals surface area contributed by atoms with Crippen molar-refractivity contribution in [3.05, 3.63) is 46.4 Å². The Labute approximate surface area is 131 Å². The lowest BCUT2D eigenvalue weighted by atomic mass is 10.1. The van der Waals surface area contributed by atoms with Crippen LogP contribution >= 0.6 is 15.9 Å². The molecule has 0 heterocycles. The Bertz CT molecular complexity index is 674. The summed E-state index contributed by atoms with van der Waals surface area (Å²) in [5, 5.41) is 5.77. The Kier molecular flexibility index (Phi) is 4.70. The zero-order chi connectivity index (χ0) is 15.4. The summed E-state index contributed by atoms with van der Waals surface area (Å²) in [6.45, 7) is 0. The quantitative estimate of drug-likeness (QED) is 0.741. The number of carbonyl (C=O) groups excluding carboxylic acids is 1. The molecule has 5 nitrogen and oxygen atoms in total. The van der Waals surface area contributed by atoms with Crippen LogP contribution in [-0.2, 0) is 0 Å². The van der Waals surface area contributed by atoms with Crippen molar-refractivity contribution in [1.82, 2.24) is 5.32 Å². The first kappa shape index (κ1) is 15.2. The van der Waals surface area contributed by atoms with Gasteiger partial charge >= 0.3 is 0 Å². The zero-order valence-electron chi connectivity index (χ0n) is 11.7. The fourth-order valence-electron chi connectivity index (χ4n) is 1.89. The average molecular weight is 350 g/mol. The molecule has 0 saturated heterocycles. The summed E-state index contributed by atoms with van der Waals surface area (Å²) >= 11 is 3.42. The zero-order valence-corrected chi connectivity index (χ0v) is 13.3. The van der Waals surface area contributed by atoms with E-state index in [4.69, 9.17) is 10.5 Å². The number of nitrogen functional groups attached to an aromatic ring is 1. The summed E-state index contributed by atoms with van der Waals surface area (Å²) in [6, 6.07) is 10.7. The molecule has 21 heavy (non-hydrogen) atoms. The van der Waals surface area contributed by atoms with Crippen LogP contribution in [0.25, 0.3) is 0 Å². The molecule has 1 amide bonds. The molecule has 0 aliphatic heterocycles. The minimum Gasteiger partial charge on any atom is -0.495 e. The SMILES string of the molecule is CNC(=O)c1ccc(Nc2cc(Br)ccc2OC)c(N)c1. The number of benzene rings is 2. The van der Waals surface area contributed by atoms with E-state index in [0.29, 0.717) is 22.7 Å². The molecular formula is C15H16BrN3O2. The van der Waals surface area contributed by atoms with Crippen molar-refractivity contribution in [2.75, 3.05) is 25.2 Å². The largest absolute Gasteiger partial charge is 0.495 e. The smallest absolute Gasteiger partial charge is 0.251 e. The van der Waals surface area contributed by atoms with E-state index in [1.54, 1.807) is 32.4 Å². The fraction of sp³-hybridized carbons (Fsp3) is 0.133. The average Bonchev–Trinajstić information content (AvgIpc) is 2.48. The number of methoxy groups -OCH3 is 1. The predicted molar refractivity (Wildman–Crippen MR) is 88.2 cm³/mol. The molecule has 0 atom stereocenters. The predicted octanol–water partition coefficient (Wildman–Crippen LogP) is 3.14. The first-order valence-corrected chi connectivity index (χ1v) is 7.06. The van der Waals surface area contributed by atoms with Crippen LogP contribution in [0.4, 0.5) is 17.1 Å². The summed E-state index contributed by atoms with van der Waals surface area (Å²) in [7, 11) is 3.18. The molecule has 0 saturated carbocycles. The molecule has 0 aromatic heterocycles. The highest BCUT2D eigenvalue weighted by molar-refractivity contribution is 9.10. The molecule has 2 aromatic rings. The van der Waals surface area contributed by atoms with Gasteiger partial charge in [0.05, 0.1) is 24.2 Å².